The number of ether oxygens (including phenoxy) is 1. The van der Waals surface area contributed by atoms with E-state index in [-0.39, 0.29) is 77.5 Å². The van der Waals surface area contributed by atoms with E-state index in [1.165, 1.54) is 26.2 Å². The number of phenols is 1. The van der Waals surface area contributed by atoms with Gasteiger partial charge < -0.3 is 35.6 Å². The second-order valence-electron chi connectivity index (χ2n) is 11.4. The summed E-state index contributed by atoms with van der Waals surface area (Å²) in [5, 5.41) is 58.2. The standard InChI is InChI=1S/C34H33NO9/c1-14-9-19-18(5-4-7-36)33(43)27-21(42)11-17(13-39)23-24-16(12-38)10-20(41)26-29(24)30(25(19)28(23)27)31(22(14)15(2)40)34(44-3)32(26)35-6-8-37/h9-11,22,35-39,43H,4-8,12-13H2,1-3H3. The molecule has 5 aromatic rings. The van der Waals surface area contributed by atoms with Crippen LogP contribution in [0.3, 0.4) is 0 Å². The van der Waals surface area contributed by atoms with Crippen LogP contribution in [0.25, 0.3) is 49.2 Å². The second-order valence-corrected chi connectivity index (χ2v) is 11.4. The third kappa shape index (κ3) is 3.92. The topological polar surface area (TPSA) is 174 Å². The molecular formula is C34H33NO9. The van der Waals surface area contributed by atoms with Crippen molar-refractivity contribution in [3.8, 4) is 11.5 Å². The zero-order chi connectivity index (χ0) is 31.6. The lowest BCUT2D eigenvalue weighted by atomic mass is 9.78. The molecule has 5 aromatic carbocycles. The number of benzene rings is 5. The van der Waals surface area contributed by atoms with Gasteiger partial charge in [-0.2, -0.15) is 0 Å². The average Bonchev–Trinajstić information content (AvgIpc) is 3.13. The maximum Gasteiger partial charge on any atom is 0.190 e. The van der Waals surface area contributed by atoms with Crippen molar-refractivity contribution in [1.82, 2.24) is 0 Å². The molecule has 0 aliphatic heterocycles. The van der Waals surface area contributed by atoms with E-state index in [1.807, 2.05) is 0 Å². The Morgan fingerprint density at radius 3 is 2.02 bits per heavy atom. The predicted octanol–water partition coefficient (Wildman–Crippen LogP) is 3.01. The number of aromatic hydroxyl groups is 1. The number of aliphatic hydroxyl groups excluding tert-OH is 4. The number of fused-ring (bicyclic) bond motifs is 1. The van der Waals surface area contributed by atoms with Gasteiger partial charge in [0.1, 0.15) is 17.3 Å². The van der Waals surface area contributed by atoms with Gasteiger partial charge in [0.15, 0.2) is 10.9 Å². The van der Waals surface area contributed by atoms with E-state index in [2.05, 4.69) is 5.32 Å². The van der Waals surface area contributed by atoms with Crippen molar-refractivity contribution in [3.63, 3.8) is 0 Å². The van der Waals surface area contributed by atoms with Crippen molar-refractivity contribution in [2.45, 2.75) is 45.8 Å². The maximum atomic E-state index is 13.9. The van der Waals surface area contributed by atoms with Gasteiger partial charge in [-0.25, -0.2) is 0 Å². The van der Waals surface area contributed by atoms with Gasteiger partial charge in [-0.15, -0.1) is 0 Å². The Kier molecular flexibility index (Phi) is 7.41. The van der Waals surface area contributed by atoms with Crippen molar-refractivity contribution in [3.05, 3.63) is 66.0 Å². The number of rotatable bonds is 10. The molecule has 0 amide bonds. The summed E-state index contributed by atoms with van der Waals surface area (Å²) in [6, 6.07) is 2.56. The van der Waals surface area contributed by atoms with Gasteiger partial charge in [0.25, 0.3) is 0 Å². The number of hydrogen-bond donors (Lipinski definition) is 6. The molecule has 0 fully saturated rings. The minimum absolute atomic E-state index is 0.0116. The first kappa shape index (κ1) is 29.7. The number of hydrogen-bond acceptors (Lipinski definition) is 10. The van der Waals surface area contributed by atoms with Crippen LogP contribution < -0.4 is 20.9 Å². The number of Topliss-reactive ketones (excluding diaryl/α,β-unsaturated/α-hetero) is 1. The van der Waals surface area contributed by atoms with Gasteiger partial charge in [0.05, 0.1) is 49.3 Å². The molecule has 0 spiro atoms. The summed E-state index contributed by atoms with van der Waals surface area (Å²) in [7, 11) is 1.43. The second kappa shape index (κ2) is 11.0. The quantitative estimate of drug-likeness (QED) is 0.103. The molecule has 0 heterocycles. The largest absolute Gasteiger partial charge is 0.507 e. The van der Waals surface area contributed by atoms with E-state index < -0.39 is 30.0 Å². The molecule has 0 bridgehead atoms. The monoisotopic (exact) mass is 599 g/mol. The fraction of sp³-hybridized carbons (Fsp3) is 0.324. The zero-order valence-corrected chi connectivity index (χ0v) is 24.6. The summed E-state index contributed by atoms with van der Waals surface area (Å²) < 4.78 is 5.98. The first-order valence-corrected chi connectivity index (χ1v) is 14.5. The molecule has 1 aliphatic rings. The lowest BCUT2D eigenvalue weighted by molar-refractivity contribution is -0.117. The zero-order valence-electron chi connectivity index (χ0n) is 24.6. The minimum atomic E-state index is -0.857. The van der Waals surface area contributed by atoms with Gasteiger partial charge in [0, 0.05) is 35.1 Å². The van der Waals surface area contributed by atoms with Crippen LogP contribution in [0, 0.1) is 0 Å². The van der Waals surface area contributed by atoms with Crippen LogP contribution in [-0.2, 0) is 24.4 Å². The molecule has 228 valence electrons. The van der Waals surface area contributed by atoms with Crippen LogP contribution in [0.4, 0.5) is 5.69 Å². The van der Waals surface area contributed by atoms with Crippen molar-refractivity contribution in [2.24, 2.45) is 0 Å². The lowest BCUT2D eigenvalue weighted by Crippen LogP contribution is -2.17. The van der Waals surface area contributed by atoms with Crippen LogP contribution in [0.15, 0.2) is 27.3 Å². The molecule has 6 N–H and O–H groups in total. The van der Waals surface area contributed by atoms with Crippen molar-refractivity contribution >= 4 is 60.6 Å². The van der Waals surface area contributed by atoms with Crippen LogP contribution in [-0.4, -0.2) is 58.2 Å². The van der Waals surface area contributed by atoms with Gasteiger partial charge in [-0.1, -0.05) is 11.6 Å². The molecule has 0 saturated heterocycles. The van der Waals surface area contributed by atoms with Gasteiger partial charge in [-0.3, -0.25) is 14.4 Å². The summed E-state index contributed by atoms with van der Waals surface area (Å²) >= 11 is 0. The minimum Gasteiger partial charge on any atom is -0.507 e. The average molecular weight is 600 g/mol. The summed E-state index contributed by atoms with van der Waals surface area (Å²) in [5.41, 5.74) is 1.84. The Morgan fingerprint density at radius 1 is 0.864 bits per heavy atom. The van der Waals surface area contributed by atoms with E-state index in [9.17, 15) is 39.9 Å². The number of nitrogens with one attached hydrogen (secondary N) is 1. The predicted molar refractivity (Wildman–Crippen MR) is 169 cm³/mol. The molecule has 1 aliphatic carbocycles. The Labute approximate surface area is 251 Å². The Hall–Kier alpha value is -4.35. The summed E-state index contributed by atoms with van der Waals surface area (Å²) in [6.07, 6.45) is 2.31. The number of aliphatic hydroxyl groups is 4. The third-order valence-electron chi connectivity index (χ3n) is 8.92. The van der Waals surface area contributed by atoms with Crippen molar-refractivity contribution in [2.75, 3.05) is 32.2 Å². The molecule has 6 rings (SSSR count). The van der Waals surface area contributed by atoms with Crippen molar-refractivity contribution in [1.29, 1.82) is 0 Å². The first-order chi connectivity index (χ1) is 21.2. The van der Waals surface area contributed by atoms with Crippen LogP contribution >= 0.6 is 0 Å². The van der Waals surface area contributed by atoms with E-state index in [1.54, 1.807) is 13.0 Å². The maximum absolute atomic E-state index is 13.9. The third-order valence-corrected chi connectivity index (χ3v) is 8.92. The number of ketones is 1. The van der Waals surface area contributed by atoms with Gasteiger partial charge in [0.2, 0.25) is 0 Å². The number of carbonyl (C=O) groups is 1. The highest BCUT2D eigenvalue weighted by Crippen LogP contribution is 2.56. The molecule has 0 aromatic heterocycles. The summed E-state index contributed by atoms with van der Waals surface area (Å²) in [4.78, 5) is 41.2. The van der Waals surface area contributed by atoms with Crippen LogP contribution in [0.5, 0.6) is 11.5 Å². The van der Waals surface area contributed by atoms with Gasteiger partial charge in [-0.05, 0) is 77.1 Å². The summed E-state index contributed by atoms with van der Waals surface area (Å²) in [6.45, 7) is 1.81. The highest BCUT2D eigenvalue weighted by molar-refractivity contribution is 6.39. The molecular weight excluding hydrogens is 566 g/mol. The lowest BCUT2D eigenvalue weighted by Gasteiger charge is -2.27. The smallest absolute Gasteiger partial charge is 0.190 e. The number of carbonyl (C=O) groups excluding carboxylic acids is 1. The number of phenolic OH excluding ortho intramolecular Hbond substituents is 1. The molecule has 44 heavy (non-hydrogen) atoms. The number of methoxy groups -OCH3 is 1. The Bertz CT molecular complexity index is 2150. The Balaban J connectivity index is 2.13. The van der Waals surface area contributed by atoms with Crippen molar-refractivity contribution < 1.29 is 35.1 Å². The fourth-order valence-corrected chi connectivity index (χ4v) is 7.37. The van der Waals surface area contributed by atoms with E-state index in [0.29, 0.717) is 54.6 Å². The normalized spacial score (nSPS) is 14.7. The first-order valence-electron chi connectivity index (χ1n) is 14.5. The van der Waals surface area contributed by atoms with E-state index in [4.69, 9.17) is 4.74 Å². The molecule has 1 atom stereocenters. The molecule has 0 saturated carbocycles. The van der Waals surface area contributed by atoms with E-state index >= 15 is 0 Å². The molecule has 0 radical (unpaired) electrons. The molecule has 10 heteroatoms. The fourth-order valence-electron chi connectivity index (χ4n) is 7.37. The number of anilines is 1. The number of allylic oxidation sites excluding steroid dienone is 1. The Morgan fingerprint density at radius 2 is 1.48 bits per heavy atom. The SMILES string of the molecule is COc1c(NCCO)c2c(=O)cc(CO)c3c4c(CO)cc(=O)c5c(O)c(CCCO)c6c(c(c1C(C(C)=O)C(C)=C6)c23)c54. The van der Waals surface area contributed by atoms with Crippen LogP contribution in [0.2, 0.25) is 0 Å². The highest BCUT2D eigenvalue weighted by atomic mass is 16.5. The highest BCUT2D eigenvalue weighted by Gasteiger charge is 2.36. The van der Waals surface area contributed by atoms with E-state index in [0.717, 1.165) is 0 Å². The summed E-state index contributed by atoms with van der Waals surface area (Å²) in [5.74, 6) is -1.10. The molecule has 10 nitrogen and oxygen atoms in total. The van der Waals surface area contributed by atoms with Gasteiger partial charge >= 0.3 is 0 Å². The molecule has 1 unspecified atom stereocenters. The van der Waals surface area contributed by atoms with Crippen LogP contribution in [0.1, 0.15) is 54.0 Å².